The van der Waals surface area contributed by atoms with Gasteiger partial charge in [0, 0.05) is 11.6 Å². The fourth-order valence-electron chi connectivity index (χ4n) is 2.12. The highest BCUT2D eigenvalue weighted by Gasteiger charge is 2.31. The van der Waals surface area contributed by atoms with Crippen molar-refractivity contribution in [3.63, 3.8) is 0 Å². The van der Waals surface area contributed by atoms with Gasteiger partial charge in [-0.2, -0.15) is 0 Å². The summed E-state index contributed by atoms with van der Waals surface area (Å²) in [4.78, 5) is 24.5. The fourth-order valence-corrected chi connectivity index (χ4v) is 2.12. The molecule has 0 unspecified atom stereocenters. The van der Waals surface area contributed by atoms with Crippen LogP contribution >= 0.6 is 0 Å². The average molecular weight is 317 g/mol. The molecule has 1 heterocycles. The van der Waals surface area contributed by atoms with E-state index in [1.807, 2.05) is 0 Å². The maximum atomic E-state index is 13.1. The molecule has 1 aromatic heterocycles. The van der Waals surface area contributed by atoms with Crippen LogP contribution < -0.4 is 5.32 Å². The molecule has 1 saturated carbocycles. The van der Waals surface area contributed by atoms with Crippen LogP contribution in [-0.2, 0) is 9.53 Å². The molecule has 2 aromatic rings. The number of benzene rings is 1. The summed E-state index contributed by atoms with van der Waals surface area (Å²) in [5, 5.41) is 2.79. The molecule has 1 fully saturated rings. The van der Waals surface area contributed by atoms with Gasteiger partial charge in [0.15, 0.2) is 0 Å². The highest BCUT2D eigenvalue weighted by molar-refractivity contribution is 5.90. The van der Waals surface area contributed by atoms with E-state index >= 15 is 0 Å². The van der Waals surface area contributed by atoms with E-state index in [0.29, 0.717) is 11.3 Å². The Balaban J connectivity index is 1.80. The number of hydrogen-bond donors (Lipinski definition) is 1. The lowest BCUT2D eigenvalue weighted by Crippen LogP contribution is -2.33. The molecule has 5 nitrogen and oxygen atoms in total. The zero-order chi connectivity index (χ0) is 16.4. The Labute approximate surface area is 132 Å². The second-order valence-electron chi connectivity index (χ2n) is 5.53. The van der Waals surface area contributed by atoms with Gasteiger partial charge in [-0.1, -0.05) is 12.1 Å². The second kappa shape index (κ2) is 6.24. The van der Waals surface area contributed by atoms with E-state index in [4.69, 9.17) is 9.15 Å². The van der Waals surface area contributed by atoms with Crippen molar-refractivity contribution >= 4 is 11.9 Å². The molecule has 23 heavy (non-hydrogen) atoms. The molecule has 3 rings (SSSR count). The summed E-state index contributed by atoms with van der Waals surface area (Å²) >= 11 is 0. The number of aryl methyl sites for hydroxylation is 1. The number of nitrogens with one attached hydrogen (secondary N) is 1. The Kier molecular flexibility index (Phi) is 4.14. The molecule has 120 valence electrons. The predicted octanol–water partition coefficient (Wildman–Crippen LogP) is 2.90. The highest BCUT2D eigenvalue weighted by Crippen LogP contribution is 2.24. The summed E-state index contributed by atoms with van der Waals surface area (Å²) in [5.41, 5.74) is 0.404. The molecule has 0 aliphatic heterocycles. The Morgan fingerprint density at radius 3 is 2.48 bits per heavy atom. The number of esters is 1. The first-order valence-corrected chi connectivity index (χ1v) is 7.36. The third-order valence-corrected chi connectivity index (χ3v) is 3.50. The van der Waals surface area contributed by atoms with E-state index in [9.17, 15) is 14.0 Å². The molecule has 0 spiro atoms. The van der Waals surface area contributed by atoms with Crippen LogP contribution in [0.15, 0.2) is 40.8 Å². The lowest BCUT2D eigenvalue weighted by molar-refractivity contribution is -0.130. The number of amides is 1. The number of carbonyl (C=O) groups excluding carboxylic acids is 2. The third-order valence-electron chi connectivity index (χ3n) is 3.50. The zero-order valence-corrected chi connectivity index (χ0v) is 12.5. The Bertz CT molecular complexity index is 718. The molecule has 1 aliphatic carbocycles. The van der Waals surface area contributed by atoms with Crippen molar-refractivity contribution in [2.45, 2.75) is 31.9 Å². The number of rotatable bonds is 5. The van der Waals surface area contributed by atoms with Crippen LogP contribution in [0.2, 0.25) is 0 Å². The van der Waals surface area contributed by atoms with Gasteiger partial charge < -0.3 is 14.5 Å². The third kappa shape index (κ3) is 3.77. The molecule has 0 bridgehead atoms. The topological polar surface area (TPSA) is 68.5 Å². The van der Waals surface area contributed by atoms with Gasteiger partial charge in [0.2, 0.25) is 11.9 Å². The van der Waals surface area contributed by atoms with Crippen molar-refractivity contribution < 1.29 is 23.1 Å². The molecule has 6 heteroatoms. The number of carbonyl (C=O) groups is 2. The lowest BCUT2D eigenvalue weighted by Gasteiger charge is -2.17. The molecule has 1 aliphatic rings. The van der Waals surface area contributed by atoms with Gasteiger partial charge in [0.25, 0.3) is 5.91 Å². The first-order chi connectivity index (χ1) is 11.0. The van der Waals surface area contributed by atoms with E-state index in [2.05, 4.69) is 5.32 Å². The minimum absolute atomic E-state index is 0.0221. The van der Waals surface area contributed by atoms with Crippen LogP contribution in [-0.4, -0.2) is 17.9 Å². The molecule has 1 aromatic carbocycles. The van der Waals surface area contributed by atoms with Gasteiger partial charge in [0.1, 0.15) is 11.6 Å². The van der Waals surface area contributed by atoms with Crippen molar-refractivity contribution in [1.29, 1.82) is 0 Å². The van der Waals surface area contributed by atoms with Gasteiger partial charge in [-0.15, -0.1) is 0 Å². The molecule has 1 amide bonds. The standard InChI is InChI=1S/C17H16FNO4/c1-10-2-9-14(22-10)17(21)23-15(16(20)19-13-7-8-13)11-3-5-12(18)6-4-11/h2-6,9,13,15H,7-8H2,1H3,(H,19,20)/t15-/m1/s1. The monoisotopic (exact) mass is 317 g/mol. The number of halogens is 1. The van der Waals surface area contributed by atoms with Crippen molar-refractivity contribution in [2.24, 2.45) is 0 Å². The van der Waals surface area contributed by atoms with Gasteiger partial charge >= 0.3 is 5.97 Å². The summed E-state index contributed by atoms with van der Waals surface area (Å²) in [7, 11) is 0. The van der Waals surface area contributed by atoms with E-state index < -0.39 is 23.8 Å². The van der Waals surface area contributed by atoms with Gasteiger partial charge in [-0.25, -0.2) is 9.18 Å². The average Bonchev–Trinajstić information content (AvgIpc) is 3.23. The molecular formula is C17H16FNO4. The highest BCUT2D eigenvalue weighted by atomic mass is 19.1. The summed E-state index contributed by atoms with van der Waals surface area (Å²) in [5.74, 6) is -0.997. The maximum Gasteiger partial charge on any atom is 0.375 e. The fraction of sp³-hybridized carbons (Fsp3) is 0.294. The molecule has 1 N–H and O–H groups in total. The van der Waals surface area contributed by atoms with E-state index in [-0.39, 0.29) is 11.8 Å². The van der Waals surface area contributed by atoms with Crippen LogP contribution in [0, 0.1) is 12.7 Å². The normalized spacial score (nSPS) is 15.0. The minimum Gasteiger partial charge on any atom is -0.454 e. The van der Waals surface area contributed by atoms with Crippen molar-refractivity contribution in [3.05, 3.63) is 59.3 Å². The second-order valence-corrected chi connectivity index (χ2v) is 5.53. The van der Waals surface area contributed by atoms with Crippen molar-refractivity contribution in [1.82, 2.24) is 5.32 Å². The Morgan fingerprint density at radius 1 is 1.22 bits per heavy atom. The quantitative estimate of drug-likeness (QED) is 0.861. The van der Waals surface area contributed by atoms with Crippen molar-refractivity contribution in [2.75, 3.05) is 0 Å². The Morgan fingerprint density at radius 2 is 1.91 bits per heavy atom. The van der Waals surface area contributed by atoms with E-state index in [0.717, 1.165) is 12.8 Å². The first-order valence-electron chi connectivity index (χ1n) is 7.36. The zero-order valence-electron chi connectivity index (χ0n) is 12.5. The largest absolute Gasteiger partial charge is 0.454 e. The first kappa shape index (κ1) is 15.3. The number of furan rings is 1. The Hall–Kier alpha value is -2.63. The smallest absolute Gasteiger partial charge is 0.375 e. The predicted molar refractivity (Wildman–Crippen MR) is 79.2 cm³/mol. The van der Waals surface area contributed by atoms with Gasteiger partial charge in [-0.3, -0.25) is 4.79 Å². The maximum absolute atomic E-state index is 13.1. The van der Waals surface area contributed by atoms with Crippen LogP contribution in [0.5, 0.6) is 0 Å². The summed E-state index contributed by atoms with van der Waals surface area (Å²) in [6.45, 7) is 1.70. The number of hydrogen-bond acceptors (Lipinski definition) is 4. The van der Waals surface area contributed by atoms with E-state index in [1.165, 1.54) is 30.3 Å². The van der Waals surface area contributed by atoms with E-state index in [1.54, 1.807) is 13.0 Å². The SMILES string of the molecule is Cc1ccc(C(=O)O[C@@H](C(=O)NC2CC2)c2ccc(F)cc2)o1. The van der Waals surface area contributed by atoms with Crippen LogP contribution in [0.25, 0.3) is 0 Å². The molecule has 1 atom stereocenters. The minimum atomic E-state index is -1.14. The lowest BCUT2D eigenvalue weighted by atomic mass is 10.1. The summed E-state index contributed by atoms with van der Waals surface area (Å²) < 4.78 is 23.6. The van der Waals surface area contributed by atoms with Crippen LogP contribution in [0.1, 0.15) is 40.8 Å². The summed E-state index contributed by atoms with van der Waals surface area (Å²) in [6.07, 6.45) is 0.676. The summed E-state index contributed by atoms with van der Waals surface area (Å²) in [6, 6.07) is 8.52. The van der Waals surface area contributed by atoms with Crippen LogP contribution in [0.4, 0.5) is 4.39 Å². The molecular weight excluding hydrogens is 301 g/mol. The molecule has 0 saturated heterocycles. The van der Waals surface area contributed by atoms with Crippen LogP contribution in [0.3, 0.4) is 0 Å². The van der Waals surface area contributed by atoms with Crippen molar-refractivity contribution in [3.8, 4) is 0 Å². The van der Waals surface area contributed by atoms with Gasteiger partial charge in [0.05, 0.1) is 0 Å². The number of ether oxygens (including phenoxy) is 1. The molecule has 0 radical (unpaired) electrons. The van der Waals surface area contributed by atoms with Gasteiger partial charge in [-0.05, 0) is 44.0 Å².